The SMILES string of the molecule is NC1=N[C@H]2C(COC(=O)N3CCCC3)N=C(N)N3CCC(O)(O)C23N1. The Morgan fingerprint density at radius 2 is 2.00 bits per heavy atom. The molecule has 0 aliphatic carbocycles. The highest BCUT2D eigenvalue weighted by molar-refractivity contribution is 5.87. The maximum absolute atomic E-state index is 12.1. The van der Waals surface area contributed by atoms with Crippen LogP contribution >= 0.6 is 0 Å². The van der Waals surface area contributed by atoms with Gasteiger partial charge in [0.1, 0.15) is 18.7 Å². The molecule has 0 bridgehead atoms. The van der Waals surface area contributed by atoms with E-state index in [1.54, 1.807) is 9.80 Å². The fourth-order valence-corrected chi connectivity index (χ4v) is 4.21. The van der Waals surface area contributed by atoms with Crippen molar-refractivity contribution in [2.75, 3.05) is 26.2 Å². The van der Waals surface area contributed by atoms with Gasteiger partial charge in [-0.15, -0.1) is 0 Å². The number of nitrogens with two attached hydrogens (primary N) is 2. The van der Waals surface area contributed by atoms with Crippen LogP contribution in [0, 0.1) is 0 Å². The number of carbonyl (C=O) groups is 1. The van der Waals surface area contributed by atoms with E-state index in [0.29, 0.717) is 19.6 Å². The molecule has 4 heterocycles. The number of aliphatic imine (C=N–C) groups is 2. The Hall–Kier alpha value is -2.27. The summed E-state index contributed by atoms with van der Waals surface area (Å²) >= 11 is 0. The molecule has 0 aromatic carbocycles. The number of ether oxygens (including phenoxy) is 1. The lowest BCUT2D eigenvalue weighted by atomic mass is 9.87. The zero-order chi connectivity index (χ0) is 17.8. The predicted molar refractivity (Wildman–Crippen MR) is 87.3 cm³/mol. The maximum atomic E-state index is 12.1. The molecule has 0 aromatic rings. The molecule has 11 nitrogen and oxygen atoms in total. The third kappa shape index (κ3) is 2.22. The molecule has 0 radical (unpaired) electrons. The monoisotopic (exact) mass is 353 g/mol. The Labute approximate surface area is 144 Å². The lowest BCUT2D eigenvalue weighted by molar-refractivity contribution is -0.221. The van der Waals surface area contributed by atoms with Gasteiger partial charge in [-0.25, -0.2) is 14.8 Å². The number of hydrogen-bond acceptors (Lipinski definition) is 10. The Morgan fingerprint density at radius 1 is 1.28 bits per heavy atom. The minimum atomic E-state index is -2.10. The van der Waals surface area contributed by atoms with Gasteiger partial charge in [-0.3, -0.25) is 0 Å². The third-order valence-electron chi connectivity index (χ3n) is 5.43. The Bertz CT molecular complexity index is 645. The van der Waals surface area contributed by atoms with Crippen LogP contribution in [0.3, 0.4) is 0 Å². The second-order valence-electron chi connectivity index (χ2n) is 6.89. The van der Waals surface area contributed by atoms with Crippen molar-refractivity contribution in [3.63, 3.8) is 0 Å². The minimum absolute atomic E-state index is 0.0647. The maximum Gasteiger partial charge on any atom is 0.409 e. The van der Waals surface area contributed by atoms with Crippen molar-refractivity contribution in [2.45, 2.75) is 42.8 Å². The normalized spacial score (nSPS) is 35.6. The minimum Gasteiger partial charge on any atom is -0.447 e. The molecule has 1 amide bonds. The first kappa shape index (κ1) is 16.2. The van der Waals surface area contributed by atoms with Crippen LogP contribution in [0.5, 0.6) is 0 Å². The highest BCUT2D eigenvalue weighted by Gasteiger charge is 2.69. The van der Waals surface area contributed by atoms with Crippen molar-refractivity contribution >= 4 is 18.0 Å². The van der Waals surface area contributed by atoms with Gasteiger partial charge in [-0.05, 0) is 12.8 Å². The number of hydrogen-bond donors (Lipinski definition) is 5. The fourth-order valence-electron chi connectivity index (χ4n) is 4.21. The summed E-state index contributed by atoms with van der Waals surface area (Å²) in [7, 11) is 0. The average Bonchev–Trinajstić information content (AvgIpc) is 3.24. The first-order valence-electron chi connectivity index (χ1n) is 8.44. The molecule has 0 saturated carbocycles. The third-order valence-corrected chi connectivity index (χ3v) is 5.43. The Kier molecular flexibility index (Phi) is 3.48. The summed E-state index contributed by atoms with van der Waals surface area (Å²) in [5.41, 5.74) is 10.4. The Morgan fingerprint density at radius 3 is 2.72 bits per heavy atom. The number of guanidine groups is 2. The van der Waals surface area contributed by atoms with Gasteiger partial charge in [-0.1, -0.05) is 0 Å². The summed E-state index contributed by atoms with van der Waals surface area (Å²) in [5, 5.41) is 24.0. The van der Waals surface area contributed by atoms with Crippen LogP contribution in [0.2, 0.25) is 0 Å². The molecule has 4 rings (SSSR count). The number of aliphatic hydroxyl groups is 2. The van der Waals surface area contributed by atoms with Gasteiger partial charge < -0.3 is 41.5 Å². The fraction of sp³-hybridized carbons (Fsp3) is 0.786. The quantitative estimate of drug-likeness (QED) is 0.335. The molecule has 1 spiro atoms. The summed E-state index contributed by atoms with van der Waals surface area (Å²) in [6.07, 6.45) is 1.59. The van der Waals surface area contributed by atoms with Gasteiger partial charge in [0.25, 0.3) is 0 Å². The molecule has 0 aromatic heterocycles. The number of likely N-dealkylation sites (tertiary alicyclic amines) is 1. The van der Waals surface area contributed by atoms with E-state index in [1.165, 1.54) is 0 Å². The van der Waals surface area contributed by atoms with Crippen molar-refractivity contribution in [3.8, 4) is 0 Å². The average molecular weight is 353 g/mol. The zero-order valence-electron chi connectivity index (χ0n) is 13.8. The largest absolute Gasteiger partial charge is 0.447 e. The van der Waals surface area contributed by atoms with E-state index in [1.807, 2.05) is 0 Å². The first-order valence-corrected chi connectivity index (χ1v) is 8.44. The van der Waals surface area contributed by atoms with Crippen molar-refractivity contribution in [1.29, 1.82) is 0 Å². The van der Waals surface area contributed by atoms with E-state index in [2.05, 4.69) is 15.3 Å². The highest BCUT2D eigenvalue weighted by atomic mass is 16.6. The smallest absolute Gasteiger partial charge is 0.409 e. The molecule has 2 fully saturated rings. The van der Waals surface area contributed by atoms with E-state index < -0.39 is 29.6 Å². The molecular weight excluding hydrogens is 330 g/mol. The summed E-state index contributed by atoms with van der Waals surface area (Å²) in [6, 6.07) is -1.39. The van der Waals surface area contributed by atoms with Gasteiger partial charge in [0.05, 0.1) is 0 Å². The highest BCUT2D eigenvalue weighted by Crippen LogP contribution is 2.44. The van der Waals surface area contributed by atoms with Crippen molar-refractivity contribution in [3.05, 3.63) is 0 Å². The van der Waals surface area contributed by atoms with Crippen molar-refractivity contribution in [1.82, 2.24) is 15.1 Å². The molecule has 4 aliphatic heterocycles. The number of nitrogens with one attached hydrogen (secondary N) is 1. The van der Waals surface area contributed by atoms with E-state index in [9.17, 15) is 15.0 Å². The van der Waals surface area contributed by atoms with E-state index in [0.717, 1.165) is 12.8 Å². The Balaban J connectivity index is 1.57. The number of rotatable bonds is 2. The van der Waals surface area contributed by atoms with Crippen LogP contribution in [0.1, 0.15) is 19.3 Å². The standard InChI is InChI=1S/C14H23N7O4/c15-10-18-9-8(7-25-12(22)20-4-1-2-5-20)17-11(16)21-6-3-13(23,24)14(9,21)19-10/h8-9,23-24H,1-7H2,(H2,16,17)(H3,15,18,19)/t8?,9-,14?/m0/s1. The first-order chi connectivity index (χ1) is 11.8. The molecule has 138 valence electrons. The van der Waals surface area contributed by atoms with Crippen molar-refractivity contribution < 1.29 is 19.7 Å². The molecular formula is C14H23N7O4. The number of nitrogens with zero attached hydrogens (tertiary/aromatic N) is 4. The van der Waals surface area contributed by atoms with Crippen LogP contribution in [-0.4, -0.2) is 87.8 Å². The summed E-state index contributed by atoms with van der Waals surface area (Å²) < 4.78 is 5.38. The van der Waals surface area contributed by atoms with Gasteiger partial charge in [0, 0.05) is 26.1 Å². The van der Waals surface area contributed by atoms with E-state index in [-0.39, 0.29) is 24.9 Å². The van der Waals surface area contributed by atoms with E-state index >= 15 is 0 Å². The zero-order valence-corrected chi connectivity index (χ0v) is 13.8. The van der Waals surface area contributed by atoms with Gasteiger partial charge >= 0.3 is 6.09 Å². The second-order valence-corrected chi connectivity index (χ2v) is 6.89. The summed E-state index contributed by atoms with van der Waals surface area (Å²) in [6.45, 7) is 1.60. The van der Waals surface area contributed by atoms with Gasteiger partial charge in [0.15, 0.2) is 17.6 Å². The molecule has 3 atom stereocenters. The second kappa shape index (κ2) is 5.36. The van der Waals surface area contributed by atoms with E-state index in [4.69, 9.17) is 16.2 Å². The van der Waals surface area contributed by atoms with Crippen LogP contribution < -0.4 is 16.8 Å². The van der Waals surface area contributed by atoms with Crippen LogP contribution in [0.4, 0.5) is 4.79 Å². The lowest BCUT2D eigenvalue weighted by Gasteiger charge is -2.48. The predicted octanol–water partition coefficient (Wildman–Crippen LogP) is -2.71. The molecule has 2 unspecified atom stereocenters. The molecule has 2 saturated heterocycles. The van der Waals surface area contributed by atoms with Crippen LogP contribution in [0.25, 0.3) is 0 Å². The lowest BCUT2D eigenvalue weighted by Crippen LogP contribution is -2.76. The van der Waals surface area contributed by atoms with Gasteiger partial charge in [-0.2, -0.15) is 0 Å². The molecule has 25 heavy (non-hydrogen) atoms. The molecule has 11 heteroatoms. The molecule has 4 aliphatic rings. The van der Waals surface area contributed by atoms with Crippen LogP contribution in [-0.2, 0) is 4.74 Å². The number of carbonyl (C=O) groups excluding carboxylic acids is 1. The molecule has 7 N–H and O–H groups in total. The number of amides is 1. The van der Waals surface area contributed by atoms with Gasteiger partial charge in [0.2, 0.25) is 5.79 Å². The summed E-state index contributed by atoms with van der Waals surface area (Å²) in [4.78, 5) is 24.0. The van der Waals surface area contributed by atoms with Crippen LogP contribution in [0.15, 0.2) is 9.98 Å². The summed E-state index contributed by atoms with van der Waals surface area (Å²) in [5.74, 6) is -1.88. The topological polar surface area (TPSA) is 162 Å². The van der Waals surface area contributed by atoms with Crippen molar-refractivity contribution in [2.24, 2.45) is 21.5 Å².